The molecule has 0 radical (unpaired) electrons. The lowest BCUT2D eigenvalue weighted by molar-refractivity contribution is 0.147. The van der Waals surface area contributed by atoms with Gasteiger partial charge >= 0.3 is 0 Å². The normalized spacial score (nSPS) is 11.1. The van der Waals surface area contributed by atoms with Crippen LogP contribution in [0.2, 0.25) is 0 Å². The standard InChI is InChI=1S/C13H20BrNO2/c1-4-15(5-6-17-3)9-11-8-12(14)7-10(2)13(11)16/h7-8,16H,4-6,9H2,1-3H3. The molecule has 0 heterocycles. The quantitative estimate of drug-likeness (QED) is 0.877. The molecule has 0 bridgehead atoms. The SMILES string of the molecule is CCN(CCOC)Cc1cc(Br)cc(C)c1O. The number of hydrogen-bond donors (Lipinski definition) is 1. The number of benzene rings is 1. The summed E-state index contributed by atoms with van der Waals surface area (Å²) < 4.78 is 6.08. The summed E-state index contributed by atoms with van der Waals surface area (Å²) >= 11 is 3.46. The maximum absolute atomic E-state index is 10.0. The predicted octanol–water partition coefficient (Wildman–Crippen LogP) is 2.93. The van der Waals surface area contributed by atoms with Crippen molar-refractivity contribution >= 4 is 15.9 Å². The summed E-state index contributed by atoms with van der Waals surface area (Å²) in [6, 6.07) is 3.89. The molecule has 1 aromatic rings. The summed E-state index contributed by atoms with van der Waals surface area (Å²) in [6.07, 6.45) is 0. The summed E-state index contributed by atoms with van der Waals surface area (Å²) in [7, 11) is 1.70. The molecule has 1 aromatic carbocycles. The molecular weight excluding hydrogens is 282 g/mol. The number of nitrogens with zero attached hydrogens (tertiary/aromatic N) is 1. The van der Waals surface area contributed by atoms with Crippen LogP contribution in [0.25, 0.3) is 0 Å². The third-order valence-electron chi connectivity index (χ3n) is 2.80. The number of likely N-dealkylation sites (N-methyl/N-ethyl adjacent to an activating group) is 1. The number of aromatic hydroxyl groups is 1. The predicted molar refractivity (Wildman–Crippen MR) is 73.4 cm³/mol. The van der Waals surface area contributed by atoms with E-state index in [1.54, 1.807) is 7.11 Å². The van der Waals surface area contributed by atoms with Crippen LogP contribution in [0.15, 0.2) is 16.6 Å². The fourth-order valence-corrected chi connectivity index (χ4v) is 2.36. The minimum atomic E-state index is 0.393. The lowest BCUT2D eigenvalue weighted by Gasteiger charge is -2.21. The van der Waals surface area contributed by atoms with Gasteiger partial charge < -0.3 is 9.84 Å². The van der Waals surface area contributed by atoms with Crippen LogP contribution in [0.5, 0.6) is 5.75 Å². The topological polar surface area (TPSA) is 32.7 Å². The number of aryl methyl sites for hydroxylation is 1. The fourth-order valence-electron chi connectivity index (χ4n) is 1.74. The van der Waals surface area contributed by atoms with Crippen molar-refractivity contribution in [2.24, 2.45) is 0 Å². The van der Waals surface area contributed by atoms with Crippen molar-refractivity contribution in [3.05, 3.63) is 27.7 Å². The van der Waals surface area contributed by atoms with Crippen molar-refractivity contribution in [1.82, 2.24) is 4.90 Å². The Kier molecular flexibility index (Phi) is 5.95. The maximum Gasteiger partial charge on any atom is 0.123 e. The molecular formula is C13H20BrNO2. The van der Waals surface area contributed by atoms with Gasteiger partial charge in [-0.15, -0.1) is 0 Å². The van der Waals surface area contributed by atoms with E-state index in [1.165, 1.54) is 0 Å². The van der Waals surface area contributed by atoms with Crippen LogP contribution in [0, 0.1) is 6.92 Å². The number of rotatable bonds is 6. The van der Waals surface area contributed by atoms with Gasteiger partial charge in [0.05, 0.1) is 6.61 Å². The van der Waals surface area contributed by atoms with Crippen LogP contribution >= 0.6 is 15.9 Å². The van der Waals surface area contributed by atoms with Crippen LogP contribution in [-0.4, -0.2) is 36.8 Å². The molecule has 0 spiro atoms. The molecule has 4 heteroatoms. The van der Waals surface area contributed by atoms with Crippen LogP contribution in [0.4, 0.5) is 0 Å². The third kappa shape index (κ3) is 4.30. The number of hydrogen-bond acceptors (Lipinski definition) is 3. The average molecular weight is 302 g/mol. The first-order valence-electron chi connectivity index (χ1n) is 5.77. The van der Waals surface area contributed by atoms with Gasteiger partial charge in [-0.2, -0.15) is 0 Å². The van der Waals surface area contributed by atoms with Crippen LogP contribution in [0.3, 0.4) is 0 Å². The van der Waals surface area contributed by atoms with E-state index in [0.29, 0.717) is 12.4 Å². The molecule has 3 nitrogen and oxygen atoms in total. The highest BCUT2D eigenvalue weighted by molar-refractivity contribution is 9.10. The summed E-state index contributed by atoms with van der Waals surface area (Å²) in [6.45, 7) is 7.28. The lowest BCUT2D eigenvalue weighted by atomic mass is 10.1. The summed E-state index contributed by atoms with van der Waals surface area (Å²) in [5.41, 5.74) is 1.85. The second-order valence-corrected chi connectivity index (χ2v) is 5.01. The van der Waals surface area contributed by atoms with Crippen LogP contribution in [-0.2, 0) is 11.3 Å². The van der Waals surface area contributed by atoms with Crippen molar-refractivity contribution in [1.29, 1.82) is 0 Å². The van der Waals surface area contributed by atoms with Crippen molar-refractivity contribution in [3.63, 3.8) is 0 Å². The largest absolute Gasteiger partial charge is 0.507 e. The second kappa shape index (κ2) is 6.99. The zero-order valence-corrected chi connectivity index (χ0v) is 12.2. The van der Waals surface area contributed by atoms with E-state index in [2.05, 4.69) is 27.8 Å². The van der Waals surface area contributed by atoms with Gasteiger partial charge in [0, 0.05) is 30.2 Å². The monoisotopic (exact) mass is 301 g/mol. The van der Waals surface area contributed by atoms with E-state index in [1.807, 2.05) is 19.1 Å². The van der Waals surface area contributed by atoms with Crippen LogP contribution in [0.1, 0.15) is 18.1 Å². The van der Waals surface area contributed by atoms with Gasteiger partial charge in [0.15, 0.2) is 0 Å². The van der Waals surface area contributed by atoms with Gasteiger partial charge in [-0.3, -0.25) is 4.90 Å². The molecule has 0 aliphatic heterocycles. The Morgan fingerprint density at radius 1 is 1.41 bits per heavy atom. The van der Waals surface area contributed by atoms with E-state index in [9.17, 15) is 5.11 Å². The second-order valence-electron chi connectivity index (χ2n) is 4.09. The molecule has 0 unspecified atom stereocenters. The Hall–Kier alpha value is -0.580. The number of ether oxygens (including phenoxy) is 1. The highest BCUT2D eigenvalue weighted by Gasteiger charge is 2.10. The Morgan fingerprint density at radius 3 is 2.71 bits per heavy atom. The molecule has 1 rings (SSSR count). The molecule has 0 aliphatic carbocycles. The van der Waals surface area contributed by atoms with Gasteiger partial charge in [-0.1, -0.05) is 22.9 Å². The molecule has 0 atom stereocenters. The van der Waals surface area contributed by atoms with E-state index >= 15 is 0 Å². The van der Waals surface area contributed by atoms with Crippen molar-refractivity contribution in [2.75, 3.05) is 26.8 Å². The molecule has 0 aromatic heterocycles. The number of phenols is 1. The highest BCUT2D eigenvalue weighted by atomic mass is 79.9. The third-order valence-corrected chi connectivity index (χ3v) is 3.25. The first-order valence-corrected chi connectivity index (χ1v) is 6.57. The minimum absolute atomic E-state index is 0.393. The molecule has 0 fully saturated rings. The molecule has 0 amide bonds. The fraction of sp³-hybridized carbons (Fsp3) is 0.538. The van der Waals surface area contributed by atoms with Gasteiger partial charge in [0.1, 0.15) is 5.75 Å². The molecule has 0 aliphatic rings. The zero-order valence-electron chi connectivity index (χ0n) is 10.7. The van der Waals surface area contributed by atoms with E-state index in [4.69, 9.17) is 4.74 Å². The van der Waals surface area contributed by atoms with Gasteiger partial charge in [0.25, 0.3) is 0 Å². The van der Waals surface area contributed by atoms with Gasteiger partial charge in [-0.25, -0.2) is 0 Å². The Balaban J connectivity index is 2.78. The van der Waals surface area contributed by atoms with Crippen LogP contribution < -0.4 is 0 Å². The highest BCUT2D eigenvalue weighted by Crippen LogP contribution is 2.27. The van der Waals surface area contributed by atoms with Crippen molar-refractivity contribution in [3.8, 4) is 5.75 Å². The molecule has 17 heavy (non-hydrogen) atoms. The lowest BCUT2D eigenvalue weighted by Crippen LogP contribution is -2.26. The van der Waals surface area contributed by atoms with E-state index < -0.39 is 0 Å². The zero-order chi connectivity index (χ0) is 12.8. The van der Waals surface area contributed by atoms with Gasteiger partial charge in [0.2, 0.25) is 0 Å². The average Bonchev–Trinajstić information content (AvgIpc) is 2.30. The summed E-state index contributed by atoms with van der Waals surface area (Å²) in [5.74, 6) is 0.393. The first-order chi connectivity index (χ1) is 8.08. The minimum Gasteiger partial charge on any atom is -0.507 e. The summed E-state index contributed by atoms with van der Waals surface area (Å²) in [5, 5.41) is 10.0. The number of phenolic OH excluding ortho intramolecular Hbond substituents is 1. The van der Waals surface area contributed by atoms with E-state index in [-0.39, 0.29) is 0 Å². The van der Waals surface area contributed by atoms with Crippen molar-refractivity contribution in [2.45, 2.75) is 20.4 Å². The number of methoxy groups -OCH3 is 1. The Bertz CT molecular complexity index is 369. The molecule has 0 saturated carbocycles. The molecule has 0 saturated heterocycles. The first kappa shape index (κ1) is 14.5. The Morgan fingerprint density at radius 2 is 2.12 bits per heavy atom. The maximum atomic E-state index is 10.0. The molecule has 96 valence electrons. The smallest absolute Gasteiger partial charge is 0.123 e. The van der Waals surface area contributed by atoms with E-state index in [0.717, 1.165) is 35.2 Å². The van der Waals surface area contributed by atoms with Crippen molar-refractivity contribution < 1.29 is 9.84 Å². The van der Waals surface area contributed by atoms with Gasteiger partial charge in [-0.05, 0) is 31.2 Å². The molecule has 1 N–H and O–H groups in total. The Labute approximate surface area is 112 Å². The summed E-state index contributed by atoms with van der Waals surface area (Å²) in [4.78, 5) is 2.24. The number of halogens is 1.